The summed E-state index contributed by atoms with van der Waals surface area (Å²) in [5.74, 6) is 1.65. The third-order valence-electron chi connectivity index (χ3n) is 3.40. The second-order valence-corrected chi connectivity index (χ2v) is 5.36. The van der Waals surface area contributed by atoms with Crippen molar-refractivity contribution in [1.29, 1.82) is 0 Å². The van der Waals surface area contributed by atoms with Crippen molar-refractivity contribution >= 4 is 11.6 Å². The summed E-state index contributed by atoms with van der Waals surface area (Å²) < 4.78 is 16.4. The lowest BCUT2D eigenvalue weighted by Crippen LogP contribution is -2.30. The number of anilines is 1. The minimum Gasteiger partial charge on any atom is -0.493 e. The molecular formula is C19H23NO4. The van der Waals surface area contributed by atoms with Gasteiger partial charge in [0, 0.05) is 11.8 Å². The Hall–Kier alpha value is -2.69. The van der Waals surface area contributed by atoms with Crippen LogP contribution in [0.2, 0.25) is 0 Å². The molecule has 0 radical (unpaired) electrons. The van der Waals surface area contributed by atoms with E-state index in [1.54, 1.807) is 32.2 Å². The average molecular weight is 329 g/mol. The summed E-state index contributed by atoms with van der Waals surface area (Å²) in [4.78, 5) is 12.3. The Morgan fingerprint density at radius 2 is 1.96 bits per heavy atom. The SMILES string of the molecule is CCOc1ccc(NC(=O)C(C)Oc2cccc(C)c2)cc1OC. The van der Waals surface area contributed by atoms with Gasteiger partial charge in [-0.15, -0.1) is 0 Å². The maximum Gasteiger partial charge on any atom is 0.265 e. The van der Waals surface area contributed by atoms with Crippen molar-refractivity contribution < 1.29 is 19.0 Å². The minimum atomic E-state index is -0.621. The highest BCUT2D eigenvalue weighted by Crippen LogP contribution is 2.30. The van der Waals surface area contributed by atoms with Crippen LogP contribution in [-0.2, 0) is 4.79 Å². The number of amides is 1. The van der Waals surface area contributed by atoms with Crippen molar-refractivity contribution in [3.63, 3.8) is 0 Å². The van der Waals surface area contributed by atoms with Crippen LogP contribution in [0.15, 0.2) is 42.5 Å². The Labute approximate surface area is 142 Å². The number of aryl methyl sites for hydroxylation is 1. The van der Waals surface area contributed by atoms with Gasteiger partial charge in [0.25, 0.3) is 5.91 Å². The highest BCUT2D eigenvalue weighted by atomic mass is 16.5. The van der Waals surface area contributed by atoms with E-state index in [1.165, 1.54) is 0 Å². The highest BCUT2D eigenvalue weighted by molar-refractivity contribution is 5.94. The number of hydrogen-bond acceptors (Lipinski definition) is 4. The largest absolute Gasteiger partial charge is 0.493 e. The second-order valence-electron chi connectivity index (χ2n) is 5.36. The van der Waals surface area contributed by atoms with Crippen molar-refractivity contribution in [2.75, 3.05) is 19.0 Å². The summed E-state index contributed by atoms with van der Waals surface area (Å²) in [6, 6.07) is 12.9. The molecule has 0 saturated heterocycles. The number of benzene rings is 2. The fourth-order valence-electron chi connectivity index (χ4n) is 2.21. The van der Waals surface area contributed by atoms with Crippen LogP contribution < -0.4 is 19.5 Å². The van der Waals surface area contributed by atoms with E-state index in [1.807, 2.05) is 38.1 Å². The van der Waals surface area contributed by atoms with Gasteiger partial charge in [-0.2, -0.15) is 0 Å². The van der Waals surface area contributed by atoms with Crippen molar-refractivity contribution in [1.82, 2.24) is 0 Å². The highest BCUT2D eigenvalue weighted by Gasteiger charge is 2.16. The zero-order valence-corrected chi connectivity index (χ0v) is 14.5. The first-order valence-electron chi connectivity index (χ1n) is 7.88. The van der Waals surface area contributed by atoms with E-state index in [0.29, 0.717) is 29.5 Å². The van der Waals surface area contributed by atoms with Crippen LogP contribution in [0.5, 0.6) is 17.2 Å². The average Bonchev–Trinajstić information content (AvgIpc) is 2.56. The van der Waals surface area contributed by atoms with Gasteiger partial charge in [0.15, 0.2) is 17.6 Å². The van der Waals surface area contributed by atoms with Crippen LogP contribution in [0.3, 0.4) is 0 Å². The molecule has 0 bridgehead atoms. The lowest BCUT2D eigenvalue weighted by Gasteiger charge is -2.16. The van der Waals surface area contributed by atoms with Gasteiger partial charge in [0.05, 0.1) is 13.7 Å². The molecule has 1 N–H and O–H groups in total. The molecule has 0 spiro atoms. The van der Waals surface area contributed by atoms with Crippen LogP contribution in [0.1, 0.15) is 19.4 Å². The summed E-state index contributed by atoms with van der Waals surface area (Å²) in [5, 5.41) is 2.82. The number of rotatable bonds is 7. The van der Waals surface area contributed by atoms with Crippen LogP contribution in [0, 0.1) is 6.92 Å². The fraction of sp³-hybridized carbons (Fsp3) is 0.316. The summed E-state index contributed by atoms with van der Waals surface area (Å²) in [5.41, 5.74) is 1.70. The maximum atomic E-state index is 12.3. The third kappa shape index (κ3) is 4.65. The van der Waals surface area contributed by atoms with Crippen LogP contribution in [0.4, 0.5) is 5.69 Å². The number of hydrogen-bond donors (Lipinski definition) is 1. The Bertz CT molecular complexity index is 700. The molecule has 5 nitrogen and oxygen atoms in total. The Kier molecular flexibility index (Phi) is 6.07. The smallest absolute Gasteiger partial charge is 0.265 e. The number of carbonyl (C=O) groups is 1. The number of methoxy groups -OCH3 is 1. The summed E-state index contributed by atoms with van der Waals surface area (Å²) in [6.45, 7) is 6.14. The van der Waals surface area contributed by atoms with E-state index in [-0.39, 0.29) is 5.91 Å². The zero-order chi connectivity index (χ0) is 17.5. The monoisotopic (exact) mass is 329 g/mol. The van der Waals surface area contributed by atoms with Gasteiger partial charge >= 0.3 is 0 Å². The lowest BCUT2D eigenvalue weighted by atomic mass is 10.2. The molecule has 0 saturated carbocycles. The number of ether oxygens (including phenoxy) is 3. The molecule has 0 aliphatic rings. The second kappa shape index (κ2) is 8.24. The van der Waals surface area contributed by atoms with Gasteiger partial charge in [-0.1, -0.05) is 12.1 Å². The first-order chi connectivity index (χ1) is 11.5. The van der Waals surface area contributed by atoms with Gasteiger partial charge in [0.2, 0.25) is 0 Å². The van der Waals surface area contributed by atoms with E-state index in [9.17, 15) is 4.79 Å². The molecule has 5 heteroatoms. The lowest BCUT2D eigenvalue weighted by molar-refractivity contribution is -0.122. The minimum absolute atomic E-state index is 0.234. The van der Waals surface area contributed by atoms with E-state index >= 15 is 0 Å². The quantitative estimate of drug-likeness (QED) is 0.839. The summed E-state index contributed by atoms with van der Waals surface area (Å²) in [6.07, 6.45) is -0.621. The van der Waals surface area contributed by atoms with Gasteiger partial charge in [-0.05, 0) is 50.6 Å². The molecule has 1 unspecified atom stereocenters. The Balaban J connectivity index is 2.03. The molecule has 0 fully saturated rings. The van der Waals surface area contributed by atoms with Gasteiger partial charge in [-0.3, -0.25) is 4.79 Å². The Morgan fingerprint density at radius 3 is 2.62 bits per heavy atom. The molecule has 0 aromatic heterocycles. The standard InChI is InChI=1S/C19H23NO4/c1-5-23-17-10-9-15(12-18(17)22-4)20-19(21)14(3)24-16-8-6-7-13(2)11-16/h6-12,14H,5H2,1-4H3,(H,20,21). The normalized spacial score (nSPS) is 11.5. The molecule has 1 atom stereocenters. The molecular weight excluding hydrogens is 306 g/mol. The zero-order valence-electron chi connectivity index (χ0n) is 14.5. The van der Waals surface area contributed by atoms with E-state index < -0.39 is 6.10 Å². The molecule has 1 amide bonds. The number of nitrogens with one attached hydrogen (secondary N) is 1. The Morgan fingerprint density at radius 1 is 1.17 bits per heavy atom. The van der Waals surface area contributed by atoms with E-state index in [0.717, 1.165) is 5.56 Å². The van der Waals surface area contributed by atoms with Crippen molar-refractivity contribution in [3.8, 4) is 17.2 Å². The van der Waals surface area contributed by atoms with Gasteiger partial charge in [0.1, 0.15) is 5.75 Å². The van der Waals surface area contributed by atoms with Crippen molar-refractivity contribution in [2.24, 2.45) is 0 Å². The fourth-order valence-corrected chi connectivity index (χ4v) is 2.21. The van der Waals surface area contributed by atoms with Crippen LogP contribution in [-0.4, -0.2) is 25.7 Å². The summed E-state index contributed by atoms with van der Waals surface area (Å²) >= 11 is 0. The topological polar surface area (TPSA) is 56.8 Å². The first-order valence-corrected chi connectivity index (χ1v) is 7.88. The first kappa shape index (κ1) is 17.7. The number of carbonyl (C=O) groups excluding carboxylic acids is 1. The predicted octanol–water partition coefficient (Wildman–Crippen LogP) is 3.81. The van der Waals surface area contributed by atoms with Gasteiger partial charge < -0.3 is 19.5 Å². The van der Waals surface area contributed by atoms with Gasteiger partial charge in [-0.25, -0.2) is 0 Å². The van der Waals surface area contributed by atoms with E-state index in [2.05, 4.69) is 5.32 Å². The predicted molar refractivity (Wildman–Crippen MR) is 94.1 cm³/mol. The molecule has 0 heterocycles. The molecule has 2 aromatic carbocycles. The van der Waals surface area contributed by atoms with Crippen molar-refractivity contribution in [3.05, 3.63) is 48.0 Å². The van der Waals surface area contributed by atoms with Crippen LogP contribution in [0.25, 0.3) is 0 Å². The molecule has 2 aromatic rings. The summed E-state index contributed by atoms with van der Waals surface area (Å²) in [7, 11) is 1.56. The van der Waals surface area contributed by atoms with Crippen molar-refractivity contribution in [2.45, 2.75) is 26.9 Å². The maximum absolute atomic E-state index is 12.3. The molecule has 128 valence electrons. The molecule has 2 rings (SSSR count). The molecule has 24 heavy (non-hydrogen) atoms. The third-order valence-corrected chi connectivity index (χ3v) is 3.40. The van der Waals surface area contributed by atoms with Crippen LogP contribution >= 0.6 is 0 Å². The molecule has 0 aliphatic heterocycles. The van der Waals surface area contributed by atoms with E-state index in [4.69, 9.17) is 14.2 Å². The molecule has 0 aliphatic carbocycles.